The molecule has 1 aliphatic heterocycles. The fraction of sp³-hybridized carbons (Fsp3) is 0.500. The quantitative estimate of drug-likeness (QED) is 0.684. The Balaban J connectivity index is 2.09. The van der Waals surface area contributed by atoms with Crippen LogP contribution in [0.15, 0.2) is 18.2 Å². The van der Waals surface area contributed by atoms with Crippen LogP contribution in [-0.2, 0) is 0 Å². The number of hydrogen-bond donors (Lipinski definition) is 1. The zero-order valence-electron chi connectivity index (χ0n) is 11.8. The van der Waals surface area contributed by atoms with Crippen LogP contribution < -0.4 is 5.32 Å². The van der Waals surface area contributed by atoms with Crippen molar-refractivity contribution in [2.45, 2.75) is 12.8 Å². The molecule has 21 heavy (non-hydrogen) atoms. The lowest BCUT2D eigenvalue weighted by Crippen LogP contribution is -2.40. The molecular formula is C14H18ClN3O3. The summed E-state index contributed by atoms with van der Waals surface area (Å²) in [7, 11) is 1.92. The van der Waals surface area contributed by atoms with E-state index in [2.05, 4.69) is 5.32 Å². The Bertz CT molecular complexity index is 542. The molecule has 1 N–H and O–H groups in total. The van der Waals surface area contributed by atoms with E-state index in [1.807, 2.05) is 7.05 Å². The minimum atomic E-state index is -0.540. The van der Waals surface area contributed by atoms with Gasteiger partial charge in [0.2, 0.25) is 0 Å². The number of benzene rings is 1. The van der Waals surface area contributed by atoms with Crippen molar-refractivity contribution >= 4 is 23.2 Å². The van der Waals surface area contributed by atoms with Crippen molar-refractivity contribution in [3.63, 3.8) is 0 Å². The first-order valence-corrected chi connectivity index (χ1v) is 7.28. The van der Waals surface area contributed by atoms with Crippen molar-refractivity contribution in [3.8, 4) is 0 Å². The first kappa shape index (κ1) is 15.7. The Kier molecular flexibility index (Phi) is 5.14. The maximum atomic E-state index is 12.4. The fourth-order valence-electron chi connectivity index (χ4n) is 2.61. The van der Waals surface area contributed by atoms with E-state index >= 15 is 0 Å². The molecule has 1 amide bonds. The SMILES string of the molecule is CNCC1CCN(C(=O)c2cc(Cl)cc([N+](=O)[O-])c2)CC1. The molecule has 6 nitrogen and oxygen atoms in total. The van der Waals surface area contributed by atoms with E-state index in [0.717, 1.165) is 19.4 Å². The van der Waals surface area contributed by atoms with E-state index in [0.29, 0.717) is 19.0 Å². The van der Waals surface area contributed by atoms with Crippen LogP contribution in [-0.4, -0.2) is 42.4 Å². The molecule has 7 heteroatoms. The molecule has 0 spiro atoms. The number of nitro groups is 1. The lowest BCUT2D eigenvalue weighted by atomic mass is 9.96. The first-order valence-electron chi connectivity index (χ1n) is 6.90. The predicted octanol–water partition coefficient (Wildman–Crippen LogP) is 2.32. The minimum Gasteiger partial charge on any atom is -0.339 e. The third-order valence-corrected chi connectivity index (χ3v) is 3.95. The molecule has 0 radical (unpaired) electrons. The lowest BCUT2D eigenvalue weighted by molar-refractivity contribution is -0.384. The molecule has 1 fully saturated rings. The van der Waals surface area contributed by atoms with Gasteiger partial charge in [-0.2, -0.15) is 0 Å². The van der Waals surface area contributed by atoms with Crippen LogP contribution in [0.5, 0.6) is 0 Å². The Labute approximate surface area is 128 Å². The van der Waals surface area contributed by atoms with Gasteiger partial charge in [0.05, 0.1) is 4.92 Å². The molecule has 114 valence electrons. The Morgan fingerprint density at radius 2 is 2.10 bits per heavy atom. The topological polar surface area (TPSA) is 75.5 Å². The van der Waals surface area contributed by atoms with Crippen molar-refractivity contribution < 1.29 is 9.72 Å². The van der Waals surface area contributed by atoms with Gasteiger partial charge in [-0.15, -0.1) is 0 Å². The molecule has 0 saturated carbocycles. The predicted molar refractivity (Wildman–Crippen MR) is 80.7 cm³/mol. The van der Waals surface area contributed by atoms with E-state index in [4.69, 9.17) is 11.6 Å². The van der Waals surface area contributed by atoms with Crippen molar-refractivity contribution in [2.24, 2.45) is 5.92 Å². The van der Waals surface area contributed by atoms with Crippen molar-refractivity contribution in [3.05, 3.63) is 38.9 Å². The van der Waals surface area contributed by atoms with Gasteiger partial charge in [0.1, 0.15) is 0 Å². The molecule has 1 saturated heterocycles. The second-order valence-corrected chi connectivity index (χ2v) is 5.68. The number of nitro benzene ring substituents is 1. The van der Waals surface area contributed by atoms with Gasteiger partial charge in [0.25, 0.3) is 11.6 Å². The highest BCUT2D eigenvalue weighted by Gasteiger charge is 2.24. The second-order valence-electron chi connectivity index (χ2n) is 5.25. The zero-order valence-corrected chi connectivity index (χ0v) is 12.6. The highest BCUT2D eigenvalue weighted by atomic mass is 35.5. The number of amides is 1. The van der Waals surface area contributed by atoms with Crippen LogP contribution in [0.4, 0.5) is 5.69 Å². The molecule has 0 aromatic heterocycles. The smallest absolute Gasteiger partial charge is 0.271 e. The van der Waals surface area contributed by atoms with E-state index in [-0.39, 0.29) is 22.2 Å². The van der Waals surface area contributed by atoms with Gasteiger partial charge < -0.3 is 10.2 Å². The molecular weight excluding hydrogens is 294 g/mol. The summed E-state index contributed by atoms with van der Waals surface area (Å²) >= 11 is 5.86. The average Bonchev–Trinajstić information content (AvgIpc) is 2.47. The summed E-state index contributed by atoms with van der Waals surface area (Å²) in [5.41, 5.74) is 0.122. The molecule has 0 atom stereocenters. The van der Waals surface area contributed by atoms with Gasteiger partial charge in [0, 0.05) is 35.8 Å². The molecule has 0 aliphatic carbocycles. The number of rotatable bonds is 4. The maximum absolute atomic E-state index is 12.4. The first-order chi connectivity index (χ1) is 10.0. The normalized spacial score (nSPS) is 16.0. The summed E-state index contributed by atoms with van der Waals surface area (Å²) in [5.74, 6) is 0.385. The van der Waals surface area contributed by atoms with Gasteiger partial charge in [-0.05, 0) is 38.4 Å². The minimum absolute atomic E-state index is 0.157. The number of non-ortho nitro benzene ring substituents is 1. The lowest BCUT2D eigenvalue weighted by Gasteiger charge is -2.32. The number of carbonyl (C=O) groups excluding carboxylic acids is 1. The summed E-state index contributed by atoms with van der Waals surface area (Å²) in [5, 5.41) is 14.2. The van der Waals surface area contributed by atoms with Gasteiger partial charge in [-0.1, -0.05) is 11.6 Å². The fourth-order valence-corrected chi connectivity index (χ4v) is 2.84. The maximum Gasteiger partial charge on any atom is 0.271 e. The van der Waals surface area contributed by atoms with E-state index in [9.17, 15) is 14.9 Å². The standard InChI is InChI=1S/C14H18ClN3O3/c1-16-9-10-2-4-17(5-3-10)14(19)11-6-12(15)8-13(7-11)18(20)21/h6-8,10,16H,2-5,9H2,1H3. The van der Waals surface area contributed by atoms with Crippen LogP contribution >= 0.6 is 11.6 Å². The Morgan fingerprint density at radius 1 is 1.43 bits per heavy atom. The summed E-state index contributed by atoms with van der Waals surface area (Å²) in [4.78, 5) is 24.5. The van der Waals surface area contributed by atoms with Crippen LogP contribution in [0.25, 0.3) is 0 Å². The number of nitrogens with one attached hydrogen (secondary N) is 1. The molecule has 1 aliphatic rings. The third-order valence-electron chi connectivity index (χ3n) is 3.73. The highest BCUT2D eigenvalue weighted by Crippen LogP contribution is 2.24. The zero-order chi connectivity index (χ0) is 15.4. The Morgan fingerprint density at radius 3 is 2.67 bits per heavy atom. The van der Waals surface area contributed by atoms with Gasteiger partial charge >= 0.3 is 0 Å². The number of likely N-dealkylation sites (tertiary alicyclic amines) is 1. The van der Waals surface area contributed by atoms with E-state index < -0.39 is 4.92 Å². The molecule has 0 bridgehead atoms. The monoisotopic (exact) mass is 311 g/mol. The summed E-state index contributed by atoms with van der Waals surface area (Å²) in [6.07, 6.45) is 1.88. The number of hydrogen-bond acceptors (Lipinski definition) is 4. The van der Waals surface area contributed by atoms with Crippen molar-refractivity contribution in [1.29, 1.82) is 0 Å². The largest absolute Gasteiger partial charge is 0.339 e. The van der Waals surface area contributed by atoms with Gasteiger partial charge in [0.15, 0.2) is 0 Å². The van der Waals surface area contributed by atoms with Gasteiger partial charge in [-0.3, -0.25) is 14.9 Å². The van der Waals surface area contributed by atoms with E-state index in [1.165, 1.54) is 18.2 Å². The number of halogens is 1. The summed E-state index contributed by atoms with van der Waals surface area (Å²) in [6, 6.07) is 4.02. The second kappa shape index (κ2) is 6.87. The Hall–Kier alpha value is -1.66. The van der Waals surface area contributed by atoms with Crippen molar-refractivity contribution in [2.75, 3.05) is 26.7 Å². The van der Waals surface area contributed by atoms with Crippen LogP contribution in [0.2, 0.25) is 5.02 Å². The van der Waals surface area contributed by atoms with Crippen LogP contribution in [0, 0.1) is 16.0 Å². The molecule has 0 unspecified atom stereocenters. The molecule has 1 heterocycles. The van der Waals surface area contributed by atoms with Crippen LogP contribution in [0.1, 0.15) is 23.2 Å². The molecule has 2 rings (SSSR count). The highest BCUT2D eigenvalue weighted by molar-refractivity contribution is 6.31. The molecule has 1 aromatic carbocycles. The van der Waals surface area contributed by atoms with Gasteiger partial charge in [-0.25, -0.2) is 0 Å². The number of nitrogens with zero attached hydrogens (tertiary/aromatic N) is 2. The average molecular weight is 312 g/mol. The molecule has 1 aromatic rings. The number of carbonyl (C=O) groups is 1. The summed E-state index contributed by atoms with van der Waals surface area (Å²) in [6.45, 7) is 2.29. The van der Waals surface area contributed by atoms with Crippen molar-refractivity contribution in [1.82, 2.24) is 10.2 Å². The third kappa shape index (κ3) is 3.92. The van der Waals surface area contributed by atoms with Crippen LogP contribution in [0.3, 0.4) is 0 Å². The summed E-state index contributed by atoms with van der Waals surface area (Å²) < 4.78 is 0. The number of piperidine rings is 1. The van der Waals surface area contributed by atoms with E-state index in [1.54, 1.807) is 4.90 Å².